The fourth-order valence-electron chi connectivity index (χ4n) is 2.86. The number of hydrogen-bond donors (Lipinski definition) is 3. The standard InChI is InChI=1S/C18H18N4O4S2/c1-10-15(12(3)23)11(2)20-16(10)17(24)21-13-4-6-14(7-5-13)28(25,26)22-18-19-8-9-27-18/h4-9,20H,1-3H3,(H,19,22)(H,21,24). The average Bonchev–Trinajstić information content (AvgIpc) is 3.22. The molecule has 0 aliphatic heterocycles. The largest absolute Gasteiger partial charge is 0.354 e. The molecule has 0 bridgehead atoms. The number of benzene rings is 1. The smallest absolute Gasteiger partial charge is 0.272 e. The number of nitrogens with zero attached hydrogens (tertiary/aromatic N) is 1. The molecule has 2 heterocycles. The lowest BCUT2D eigenvalue weighted by Crippen LogP contribution is -2.15. The van der Waals surface area contributed by atoms with Crippen LogP contribution in [0.5, 0.6) is 0 Å². The summed E-state index contributed by atoms with van der Waals surface area (Å²) in [7, 11) is -3.76. The molecule has 0 aliphatic rings. The van der Waals surface area contributed by atoms with Crippen molar-refractivity contribution in [2.45, 2.75) is 25.7 Å². The molecule has 0 atom stereocenters. The Kier molecular flexibility index (Phi) is 5.34. The molecule has 146 valence electrons. The van der Waals surface area contributed by atoms with E-state index in [1.165, 1.54) is 48.7 Å². The molecule has 28 heavy (non-hydrogen) atoms. The first kappa shape index (κ1) is 19.8. The molecule has 8 nitrogen and oxygen atoms in total. The summed E-state index contributed by atoms with van der Waals surface area (Å²) in [6, 6.07) is 5.76. The molecule has 1 aromatic carbocycles. The van der Waals surface area contributed by atoms with Crippen LogP contribution in [0.1, 0.15) is 39.0 Å². The molecule has 2 aromatic heterocycles. The summed E-state index contributed by atoms with van der Waals surface area (Å²) in [4.78, 5) is 31.1. The number of aryl methyl sites for hydroxylation is 1. The number of aromatic nitrogens is 2. The fraction of sp³-hybridized carbons (Fsp3) is 0.167. The van der Waals surface area contributed by atoms with Gasteiger partial charge in [0.15, 0.2) is 10.9 Å². The Morgan fingerprint density at radius 3 is 2.36 bits per heavy atom. The minimum absolute atomic E-state index is 0.0477. The van der Waals surface area contributed by atoms with Crippen LogP contribution in [0.2, 0.25) is 0 Å². The van der Waals surface area contributed by atoms with E-state index in [9.17, 15) is 18.0 Å². The summed E-state index contributed by atoms with van der Waals surface area (Å²) < 4.78 is 27.1. The van der Waals surface area contributed by atoms with Crippen molar-refractivity contribution in [3.8, 4) is 0 Å². The number of amides is 1. The Morgan fingerprint density at radius 2 is 1.82 bits per heavy atom. The van der Waals surface area contributed by atoms with Crippen molar-refractivity contribution in [3.63, 3.8) is 0 Å². The molecule has 0 unspecified atom stereocenters. The van der Waals surface area contributed by atoms with Crippen LogP contribution < -0.4 is 10.0 Å². The Morgan fingerprint density at radius 1 is 1.14 bits per heavy atom. The number of carbonyl (C=O) groups is 2. The molecular weight excluding hydrogens is 400 g/mol. The monoisotopic (exact) mass is 418 g/mol. The highest BCUT2D eigenvalue weighted by atomic mass is 32.2. The average molecular weight is 419 g/mol. The lowest BCUT2D eigenvalue weighted by atomic mass is 10.1. The van der Waals surface area contributed by atoms with E-state index in [4.69, 9.17) is 0 Å². The lowest BCUT2D eigenvalue weighted by Gasteiger charge is -2.08. The van der Waals surface area contributed by atoms with Crippen molar-refractivity contribution in [3.05, 3.63) is 58.4 Å². The summed E-state index contributed by atoms with van der Waals surface area (Å²) >= 11 is 1.17. The Hall–Kier alpha value is -2.98. The van der Waals surface area contributed by atoms with Crippen molar-refractivity contribution >= 4 is 43.9 Å². The molecule has 0 aliphatic carbocycles. The lowest BCUT2D eigenvalue weighted by molar-refractivity contribution is 0.101. The van der Waals surface area contributed by atoms with Gasteiger partial charge in [-0.3, -0.25) is 14.3 Å². The molecule has 0 saturated carbocycles. The highest BCUT2D eigenvalue weighted by molar-refractivity contribution is 7.93. The van der Waals surface area contributed by atoms with Crippen LogP contribution in [-0.4, -0.2) is 30.1 Å². The van der Waals surface area contributed by atoms with E-state index < -0.39 is 15.9 Å². The van der Waals surface area contributed by atoms with E-state index in [1.54, 1.807) is 19.2 Å². The first-order valence-electron chi connectivity index (χ1n) is 8.23. The predicted molar refractivity (Wildman–Crippen MR) is 108 cm³/mol. The van der Waals surface area contributed by atoms with Crippen LogP contribution in [0.15, 0.2) is 40.7 Å². The normalized spacial score (nSPS) is 11.2. The van der Waals surface area contributed by atoms with Crippen molar-refractivity contribution in [1.82, 2.24) is 9.97 Å². The first-order valence-corrected chi connectivity index (χ1v) is 10.6. The quantitative estimate of drug-likeness (QED) is 0.530. The third-order valence-corrected chi connectivity index (χ3v) is 6.27. The topological polar surface area (TPSA) is 121 Å². The van der Waals surface area contributed by atoms with Gasteiger partial charge in [-0.2, -0.15) is 0 Å². The van der Waals surface area contributed by atoms with E-state index in [0.29, 0.717) is 28.2 Å². The summed E-state index contributed by atoms with van der Waals surface area (Å²) in [5.74, 6) is -0.530. The number of carbonyl (C=O) groups excluding carboxylic acids is 2. The van der Waals surface area contributed by atoms with Gasteiger partial charge < -0.3 is 10.3 Å². The first-order chi connectivity index (χ1) is 13.2. The van der Waals surface area contributed by atoms with Crippen LogP contribution in [0, 0.1) is 13.8 Å². The van der Waals surface area contributed by atoms with Gasteiger partial charge in [-0.25, -0.2) is 13.4 Å². The second-order valence-electron chi connectivity index (χ2n) is 6.10. The number of rotatable bonds is 6. The molecule has 3 N–H and O–H groups in total. The summed E-state index contributed by atoms with van der Waals surface area (Å²) in [5.41, 5.74) is 2.43. The number of Topliss-reactive ketones (excluding diaryl/α,β-unsaturated/α-hetero) is 1. The summed E-state index contributed by atoms with van der Waals surface area (Å²) in [6.45, 7) is 4.88. The number of H-pyrrole nitrogens is 1. The van der Waals surface area contributed by atoms with Crippen molar-refractivity contribution < 1.29 is 18.0 Å². The van der Waals surface area contributed by atoms with Crippen LogP contribution >= 0.6 is 11.3 Å². The maximum atomic E-state index is 12.5. The van der Waals surface area contributed by atoms with Gasteiger partial charge in [0.05, 0.1) is 4.90 Å². The molecule has 0 fully saturated rings. The summed E-state index contributed by atoms with van der Waals surface area (Å²) in [6.07, 6.45) is 1.50. The van der Waals surface area contributed by atoms with E-state index >= 15 is 0 Å². The minimum atomic E-state index is -3.76. The second kappa shape index (κ2) is 7.56. The van der Waals surface area contributed by atoms with Crippen molar-refractivity contribution in [1.29, 1.82) is 0 Å². The number of thiazole rings is 1. The number of hydrogen-bond acceptors (Lipinski definition) is 6. The Balaban J connectivity index is 1.77. The van der Waals surface area contributed by atoms with Gasteiger partial charge in [-0.15, -0.1) is 11.3 Å². The molecule has 0 saturated heterocycles. The number of aromatic amines is 1. The molecular formula is C18H18N4O4S2. The van der Waals surface area contributed by atoms with E-state index in [-0.39, 0.29) is 15.8 Å². The zero-order chi connectivity index (χ0) is 20.5. The second-order valence-corrected chi connectivity index (χ2v) is 8.68. The molecule has 3 aromatic rings. The van der Waals surface area contributed by atoms with E-state index in [2.05, 4.69) is 20.0 Å². The number of ketones is 1. The molecule has 0 radical (unpaired) electrons. The predicted octanol–water partition coefficient (Wildman–Crippen LogP) is 3.34. The van der Waals surface area contributed by atoms with Gasteiger partial charge in [-0.1, -0.05) is 0 Å². The van der Waals surface area contributed by atoms with Crippen LogP contribution in [0.3, 0.4) is 0 Å². The number of nitrogens with one attached hydrogen (secondary N) is 3. The summed E-state index contributed by atoms with van der Waals surface area (Å²) in [5, 5.41) is 4.64. The highest BCUT2D eigenvalue weighted by Gasteiger charge is 2.20. The van der Waals surface area contributed by atoms with Gasteiger partial charge in [0.25, 0.3) is 15.9 Å². The third kappa shape index (κ3) is 3.97. The van der Waals surface area contributed by atoms with Gasteiger partial charge in [0, 0.05) is 28.5 Å². The SMILES string of the molecule is CC(=O)c1c(C)[nH]c(C(=O)Nc2ccc(S(=O)(=O)Nc3nccs3)cc2)c1C. The van der Waals surface area contributed by atoms with Gasteiger partial charge in [0.2, 0.25) is 0 Å². The fourth-order valence-corrected chi connectivity index (χ4v) is 4.65. The van der Waals surface area contributed by atoms with Gasteiger partial charge >= 0.3 is 0 Å². The number of sulfonamides is 1. The Labute approximate surface area is 166 Å². The molecule has 1 amide bonds. The Bertz CT molecular complexity index is 1130. The van der Waals surface area contributed by atoms with E-state index in [0.717, 1.165) is 0 Å². The van der Waals surface area contributed by atoms with Crippen LogP contribution in [-0.2, 0) is 10.0 Å². The molecule has 10 heteroatoms. The van der Waals surface area contributed by atoms with Crippen LogP contribution in [0.25, 0.3) is 0 Å². The maximum Gasteiger partial charge on any atom is 0.272 e. The van der Waals surface area contributed by atoms with Crippen LogP contribution in [0.4, 0.5) is 10.8 Å². The maximum absolute atomic E-state index is 12.5. The van der Waals surface area contributed by atoms with Gasteiger partial charge in [0.1, 0.15) is 5.69 Å². The molecule has 0 spiro atoms. The zero-order valence-electron chi connectivity index (χ0n) is 15.4. The number of anilines is 2. The van der Waals surface area contributed by atoms with Crippen molar-refractivity contribution in [2.75, 3.05) is 10.0 Å². The highest BCUT2D eigenvalue weighted by Crippen LogP contribution is 2.22. The molecule has 3 rings (SSSR count). The minimum Gasteiger partial charge on any atom is -0.354 e. The third-order valence-electron chi connectivity index (χ3n) is 4.09. The van der Waals surface area contributed by atoms with E-state index in [1.807, 2.05) is 0 Å². The zero-order valence-corrected chi connectivity index (χ0v) is 17.0. The van der Waals surface area contributed by atoms with Gasteiger partial charge in [-0.05, 0) is 50.6 Å². The van der Waals surface area contributed by atoms with Crippen molar-refractivity contribution in [2.24, 2.45) is 0 Å².